The summed E-state index contributed by atoms with van der Waals surface area (Å²) in [6.07, 6.45) is 0. The van der Waals surface area contributed by atoms with Gasteiger partial charge in [-0.2, -0.15) is 0 Å². The summed E-state index contributed by atoms with van der Waals surface area (Å²) >= 11 is 3.59. The normalized spacial score (nSPS) is 10.9. The van der Waals surface area contributed by atoms with E-state index in [-0.39, 0.29) is 7.43 Å². The molecule has 3 aromatic rings. The molecule has 0 amide bonds. The largest absolute Gasteiger partial charge is 0.358 e. The minimum Gasteiger partial charge on any atom is -0.358 e. The molecule has 0 spiro atoms. The first-order valence-corrected chi connectivity index (χ1v) is 9.84. The van der Waals surface area contributed by atoms with Gasteiger partial charge in [-0.1, -0.05) is 0 Å². The van der Waals surface area contributed by atoms with E-state index in [2.05, 4.69) is 108 Å². The molecule has 0 aliphatic heterocycles. The molecule has 0 saturated heterocycles. The minimum absolute atomic E-state index is 0. The first-order valence-electron chi connectivity index (χ1n) is 9.06. The van der Waals surface area contributed by atoms with E-state index in [9.17, 15) is 0 Å². The summed E-state index contributed by atoms with van der Waals surface area (Å²) in [7, 11) is 0. The van der Waals surface area contributed by atoms with Gasteiger partial charge in [0.2, 0.25) is 0 Å². The fourth-order valence-electron chi connectivity index (χ4n) is 4.24. The second-order valence-corrected chi connectivity index (χ2v) is 8.27. The van der Waals surface area contributed by atoms with Crippen molar-refractivity contribution in [1.29, 1.82) is 0 Å². The van der Waals surface area contributed by atoms with Gasteiger partial charge >= 0.3 is 168 Å². The van der Waals surface area contributed by atoms with E-state index in [4.69, 9.17) is 0 Å². The molecule has 0 saturated carbocycles. The Morgan fingerprint density at radius 3 is 1.07 bits per heavy atom. The molecule has 1 heterocycles. The monoisotopic (exact) mass is 453 g/mol. The number of imidazole rings is 1. The second-order valence-electron chi connectivity index (χ2n) is 7.58. The molecule has 0 aliphatic carbocycles. The zero-order valence-corrected chi connectivity index (χ0v) is 19.6. The van der Waals surface area contributed by atoms with Crippen molar-refractivity contribution in [3.05, 3.63) is 80.3 Å². The maximum Gasteiger partial charge on any atom is -0.358 e. The van der Waals surface area contributed by atoms with Gasteiger partial charge in [-0.05, 0) is 0 Å². The summed E-state index contributed by atoms with van der Waals surface area (Å²) in [4.78, 5) is 0. The average Bonchev–Trinajstić information content (AvgIpc) is 2.71. The van der Waals surface area contributed by atoms with E-state index in [1.165, 1.54) is 56.1 Å². The molecule has 3 heteroatoms. The van der Waals surface area contributed by atoms with Gasteiger partial charge in [0, 0.05) is 0 Å². The minimum atomic E-state index is 0. The molecule has 27 heavy (non-hydrogen) atoms. The number of aromatic nitrogens is 2. The molecule has 148 valence electrons. The summed E-state index contributed by atoms with van der Waals surface area (Å²) in [5.74, 6) is 0. The molecule has 2 aromatic carbocycles. The van der Waals surface area contributed by atoms with E-state index in [1.54, 1.807) is 0 Å². The van der Waals surface area contributed by atoms with Crippen LogP contribution in [0.25, 0.3) is 11.4 Å². The van der Waals surface area contributed by atoms with Crippen LogP contribution >= 0.6 is 0 Å². The number of nitrogens with zero attached hydrogens (tertiary/aromatic N) is 2. The third kappa shape index (κ3) is 3.56. The SMILES string of the molecule is Cc1cc(C)c(-n2c(C)c(C)n(-c3c(C)cc(C)cc3C)[c]2=[Pd])c(C)c1.[CH3-]. The van der Waals surface area contributed by atoms with Crippen LogP contribution in [-0.4, -0.2) is 9.13 Å². The topological polar surface area (TPSA) is 9.86 Å². The predicted molar refractivity (Wildman–Crippen MR) is 113 cm³/mol. The maximum atomic E-state index is 3.59. The van der Waals surface area contributed by atoms with Crippen molar-refractivity contribution in [2.75, 3.05) is 0 Å². The Morgan fingerprint density at radius 2 is 0.815 bits per heavy atom. The molecular formula is C24H31N2Pd-. The molecule has 0 bridgehead atoms. The molecule has 2 nitrogen and oxygen atoms in total. The first kappa shape index (κ1) is 21.6. The fourth-order valence-corrected chi connectivity index (χ4v) is 5.11. The van der Waals surface area contributed by atoms with E-state index < -0.39 is 0 Å². The molecule has 0 atom stereocenters. The van der Waals surface area contributed by atoms with Crippen molar-refractivity contribution >= 4 is 0 Å². The summed E-state index contributed by atoms with van der Waals surface area (Å²) in [5.41, 5.74) is 12.9. The van der Waals surface area contributed by atoms with Gasteiger partial charge in [-0.25, -0.2) is 0 Å². The van der Waals surface area contributed by atoms with Crippen molar-refractivity contribution in [2.24, 2.45) is 0 Å². The van der Waals surface area contributed by atoms with Crippen molar-refractivity contribution in [1.82, 2.24) is 9.13 Å². The van der Waals surface area contributed by atoms with E-state index >= 15 is 0 Å². The first-order chi connectivity index (χ1) is 12.1. The van der Waals surface area contributed by atoms with Gasteiger partial charge in [-0.15, -0.1) is 0 Å². The number of hydrogen-bond donors (Lipinski definition) is 0. The maximum absolute atomic E-state index is 3.59. The Bertz CT molecular complexity index is 950. The molecule has 0 N–H and O–H groups in total. The van der Waals surface area contributed by atoms with Crippen molar-refractivity contribution < 1.29 is 18.7 Å². The van der Waals surface area contributed by atoms with Gasteiger partial charge in [0.25, 0.3) is 0 Å². The van der Waals surface area contributed by atoms with Crippen molar-refractivity contribution in [3.8, 4) is 11.4 Å². The molecule has 3 rings (SSSR count). The van der Waals surface area contributed by atoms with Gasteiger partial charge in [0.05, 0.1) is 0 Å². The Morgan fingerprint density at radius 1 is 0.556 bits per heavy atom. The van der Waals surface area contributed by atoms with Crippen LogP contribution in [0.1, 0.15) is 44.8 Å². The molecule has 0 aliphatic rings. The zero-order chi connectivity index (χ0) is 19.3. The standard InChI is InChI=1S/C23H28N2.CH3.Pd/c1-14-9-16(3)22(17(4)10-14)24-13-25(21(8)20(24)7)23-18(5)11-15(2)12-19(23)6;;/h9-12H,1-8H3;1H3;/q;-1;. The number of benzene rings is 2. The van der Waals surface area contributed by atoms with Crippen LogP contribution in [0.3, 0.4) is 0 Å². The summed E-state index contributed by atoms with van der Waals surface area (Å²) in [5, 5.41) is 0. The molecule has 0 fully saturated rings. The van der Waals surface area contributed by atoms with Crippen LogP contribution in [0, 0.1) is 66.7 Å². The van der Waals surface area contributed by atoms with Gasteiger partial charge in [-0.3, -0.25) is 0 Å². The molecule has 1 aromatic heterocycles. The van der Waals surface area contributed by atoms with E-state index in [0.29, 0.717) is 0 Å². The molecule has 0 unspecified atom stereocenters. The van der Waals surface area contributed by atoms with Crippen LogP contribution < -0.4 is 0 Å². The summed E-state index contributed by atoms with van der Waals surface area (Å²) in [6.45, 7) is 17.5. The molecule has 0 radical (unpaired) electrons. The van der Waals surface area contributed by atoms with Crippen molar-refractivity contribution in [2.45, 2.75) is 55.4 Å². The third-order valence-corrected chi connectivity index (χ3v) is 5.95. The Hall–Kier alpha value is -1.69. The summed E-state index contributed by atoms with van der Waals surface area (Å²) in [6, 6.07) is 9.06. The average molecular weight is 454 g/mol. The van der Waals surface area contributed by atoms with Gasteiger partial charge in [0.1, 0.15) is 0 Å². The smallest absolute Gasteiger partial charge is 0.358 e. The third-order valence-electron chi connectivity index (χ3n) is 5.25. The van der Waals surface area contributed by atoms with Crippen molar-refractivity contribution in [3.63, 3.8) is 0 Å². The van der Waals surface area contributed by atoms with Crippen LogP contribution in [0.5, 0.6) is 0 Å². The number of hydrogen-bond acceptors (Lipinski definition) is 0. The van der Waals surface area contributed by atoms with E-state index in [1.807, 2.05) is 0 Å². The molecular weight excluding hydrogens is 423 g/mol. The Labute approximate surface area is 174 Å². The fraction of sp³-hybridized carbons (Fsp3) is 0.333. The van der Waals surface area contributed by atoms with Gasteiger partial charge in [0.15, 0.2) is 0 Å². The number of aryl methyl sites for hydroxylation is 6. The van der Waals surface area contributed by atoms with Crippen LogP contribution in [0.4, 0.5) is 0 Å². The van der Waals surface area contributed by atoms with Crippen LogP contribution in [-0.2, 0) is 18.7 Å². The van der Waals surface area contributed by atoms with Crippen LogP contribution in [0.2, 0.25) is 0 Å². The quantitative estimate of drug-likeness (QED) is 0.320. The Balaban J connectivity index is 0.00000261. The zero-order valence-electron chi connectivity index (χ0n) is 18.0. The number of rotatable bonds is 2. The van der Waals surface area contributed by atoms with Crippen LogP contribution in [0.15, 0.2) is 24.3 Å². The summed E-state index contributed by atoms with van der Waals surface area (Å²) < 4.78 is 5.83. The second kappa shape index (κ2) is 7.74. The predicted octanol–water partition coefficient (Wildman–Crippen LogP) is 6.26. The Kier molecular flexibility index (Phi) is 6.20. The van der Waals surface area contributed by atoms with E-state index in [0.717, 1.165) is 3.89 Å². The van der Waals surface area contributed by atoms with Gasteiger partial charge < -0.3 is 7.43 Å².